The number of benzene rings is 1. The summed E-state index contributed by atoms with van der Waals surface area (Å²) in [5.41, 5.74) is 3.71. The van der Waals surface area contributed by atoms with E-state index in [4.69, 9.17) is 0 Å². The second kappa shape index (κ2) is 4.74. The topological polar surface area (TPSA) is 27.0 Å². The maximum absolute atomic E-state index is 9.32. The average Bonchev–Trinajstić information content (AvgIpc) is 2.82. The summed E-state index contributed by atoms with van der Waals surface area (Å²) in [4.78, 5) is 2.64. The molecule has 1 aliphatic carbocycles. The van der Waals surface area contributed by atoms with Crippen molar-refractivity contribution in [1.29, 1.82) is 5.26 Å². The lowest BCUT2D eigenvalue weighted by Crippen LogP contribution is -2.35. The van der Waals surface area contributed by atoms with Crippen LogP contribution in [0.4, 0.5) is 0 Å². The predicted molar refractivity (Wildman–Crippen MR) is 72.5 cm³/mol. The molecule has 0 radical (unpaired) electrons. The molecule has 1 aliphatic heterocycles. The number of hydrogen-bond acceptors (Lipinski definition) is 2. The van der Waals surface area contributed by atoms with Crippen molar-refractivity contribution in [3.8, 4) is 6.07 Å². The third-order valence-corrected chi connectivity index (χ3v) is 4.57. The number of hydrogen-bond donors (Lipinski definition) is 0. The zero-order valence-corrected chi connectivity index (χ0v) is 11.0. The van der Waals surface area contributed by atoms with E-state index in [1.165, 1.54) is 43.5 Å². The summed E-state index contributed by atoms with van der Waals surface area (Å²) in [6.45, 7) is 4.68. The second-order valence-electron chi connectivity index (χ2n) is 5.53. The zero-order valence-electron chi connectivity index (χ0n) is 11.0. The molecule has 2 nitrogen and oxygen atoms in total. The highest BCUT2D eigenvalue weighted by Crippen LogP contribution is 2.42. The van der Waals surface area contributed by atoms with Crippen LogP contribution >= 0.6 is 0 Å². The third kappa shape index (κ3) is 1.74. The Bertz CT molecular complexity index is 486. The van der Waals surface area contributed by atoms with Crippen LogP contribution in [-0.4, -0.2) is 24.0 Å². The highest BCUT2D eigenvalue weighted by atomic mass is 15.2. The van der Waals surface area contributed by atoms with Gasteiger partial charge in [-0.05, 0) is 56.0 Å². The standard InChI is InChI=1S/C16H20N2/c1-2-9-18-10-8-14-15(18)7-6-12-4-3-5-13(11-17)16(12)14/h3-5,14-15H,2,6-10H2,1H3/t14-,15-/m1/s1/i11+1,17+0. The van der Waals surface area contributed by atoms with E-state index in [2.05, 4.69) is 24.0 Å². The first-order valence-corrected chi connectivity index (χ1v) is 7.11. The van der Waals surface area contributed by atoms with Gasteiger partial charge in [-0.3, -0.25) is 4.90 Å². The van der Waals surface area contributed by atoms with Crippen molar-refractivity contribution in [2.24, 2.45) is 0 Å². The quantitative estimate of drug-likeness (QED) is 0.744. The van der Waals surface area contributed by atoms with Gasteiger partial charge in [0.15, 0.2) is 0 Å². The Morgan fingerprint density at radius 2 is 2.28 bits per heavy atom. The van der Waals surface area contributed by atoms with E-state index in [9.17, 15) is 5.26 Å². The number of aryl methyl sites for hydroxylation is 1. The molecule has 0 N–H and O–H groups in total. The van der Waals surface area contributed by atoms with E-state index in [0.29, 0.717) is 12.0 Å². The first-order valence-electron chi connectivity index (χ1n) is 7.11. The van der Waals surface area contributed by atoms with Crippen LogP contribution < -0.4 is 0 Å². The van der Waals surface area contributed by atoms with Gasteiger partial charge >= 0.3 is 0 Å². The third-order valence-electron chi connectivity index (χ3n) is 4.57. The summed E-state index contributed by atoms with van der Waals surface area (Å²) >= 11 is 0. The molecule has 0 aromatic heterocycles. The molecule has 1 fully saturated rings. The van der Waals surface area contributed by atoms with Gasteiger partial charge in [0, 0.05) is 12.0 Å². The lowest BCUT2D eigenvalue weighted by atomic mass is 9.78. The smallest absolute Gasteiger partial charge is 0.0994 e. The minimum absolute atomic E-state index is 0.608. The van der Waals surface area contributed by atoms with Gasteiger partial charge in [-0.15, -0.1) is 0 Å². The molecular weight excluding hydrogens is 221 g/mol. The Labute approximate surface area is 109 Å². The highest BCUT2D eigenvalue weighted by molar-refractivity contribution is 5.47. The fourth-order valence-electron chi connectivity index (χ4n) is 3.87. The normalized spacial score (nSPS) is 26.4. The van der Waals surface area contributed by atoms with Crippen molar-refractivity contribution in [2.75, 3.05) is 13.1 Å². The molecule has 1 aromatic carbocycles. The van der Waals surface area contributed by atoms with E-state index in [1.54, 1.807) is 0 Å². The van der Waals surface area contributed by atoms with Crippen LogP contribution in [0.1, 0.15) is 48.8 Å². The van der Waals surface area contributed by atoms with Crippen molar-refractivity contribution in [3.05, 3.63) is 34.9 Å². The fraction of sp³-hybridized carbons (Fsp3) is 0.562. The molecule has 2 aliphatic rings. The molecule has 2 atom stereocenters. The molecule has 1 aromatic rings. The highest BCUT2D eigenvalue weighted by Gasteiger charge is 2.39. The van der Waals surface area contributed by atoms with Gasteiger partial charge < -0.3 is 0 Å². The molecule has 0 unspecified atom stereocenters. The van der Waals surface area contributed by atoms with Crippen molar-refractivity contribution < 1.29 is 0 Å². The predicted octanol–water partition coefficient (Wildman–Crippen LogP) is 3.07. The molecule has 1 saturated heterocycles. The minimum Gasteiger partial charge on any atom is -0.300 e. The second-order valence-corrected chi connectivity index (χ2v) is 5.53. The van der Waals surface area contributed by atoms with Crippen molar-refractivity contribution in [3.63, 3.8) is 0 Å². The van der Waals surface area contributed by atoms with Gasteiger partial charge in [-0.25, -0.2) is 0 Å². The van der Waals surface area contributed by atoms with Crippen LogP contribution in [0, 0.1) is 11.3 Å². The van der Waals surface area contributed by atoms with Crippen LogP contribution in [0.25, 0.3) is 0 Å². The van der Waals surface area contributed by atoms with Crippen molar-refractivity contribution in [1.82, 2.24) is 4.90 Å². The summed E-state index contributed by atoms with van der Waals surface area (Å²) in [7, 11) is 0. The first kappa shape index (κ1) is 11.7. The molecular formula is C16H20N2. The van der Waals surface area contributed by atoms with Crippen LogP contribution in [0.5, 0.6) is 0 Å². The molecule has 0 bridgehead atoms. The van der Waals surface area contributed by atoms with Gasteiger partial charge in [0.1, 0.15) is 0 Å². The average molecular weight is 241 g/mol. The van der Waals surface area contributed by atoms with Crippen LogP contribution in [-0.2, 0) is 6.42 Å². The maximum Gasteiger partial charge on any atom is 0.0994 e. The van der Waals surface area contributed by atoms with Crippen LogP contribution in [0.2, 0.25) is 0 Å². The van der Waals surface area contributed by atoms with E-state index >= 15 is 0 Å². The summed E-state index contributed by atoms with van der Waals surface area (Å²) < 4.78 is 0. The minimum atomic E-state index is 0.608. The van der Waals surface area contributed by atoms with Crippen LogP contribution in [0.3, 0.4) is 0 Å². The van der Waals surface area contributed by atoms with Gasteiger partial charge in [-0.1, -0.05) is 19.1 Å². The number of fused-ring (bicyclic) bond motifs is 3. The van der Waals surface area contributed by atoms with Crippen molar-refractivity contribution >= 4 is 0 Å². The fourth-order valence-corrected chi connectivity index (χ4v) is 3.87. The maximum atomic E-state index is 9.32. The van der Waals surface area contributed by atoms with E-state index < -0.39 is 0 Å². The Morgan fingerprint density at radius 3 is 3.06 bits per heavy atom. The molecule has 94 valence electrons. The molecule has 3 rings (SSSR count). The Morgan fingerprint density at radius 1 is 1.39 bits per heavy atom. The van der Waals surface area contributed by atoms with Crippen molar-refractivity contribution in [2.45, 2.75) is 44.6 Å². The summed E-state index contributed by atoms with van der Waals surface area (Å²) in [5, 5.41) is 9.32. The zero-order chi connectivity index (χ0) is 12.5. The number of nitrogens with zero attached hydrogens (tertiary/aromatic N) is 2. The molecule has 1 heterocycles. The molecule has 0 spiro atoms. The molecule has 18 heavy (non-hydrogen) atoms. The lowest BCUT2D eigenvalue weighted by Gasteiger charge is -2.33. The molecule has 0 saturated carbocycles. The lowest BCUT2D eigenvalue weighted by molar-refractivity contribution is 0.227. The van der Waals surface area contributed by atoms with Gasteiger partial charge in [0.25, 0.3) is 0 Å². The Balaban J connectivity index is 1.97. The first-order chi connectivity index (χ1) is 8.85. The van der Waals surface area contributed by atoms with Gasteiger partial charge in [-0.2, -0.15) is 5.26 Å². The Hall–Kier alpha value is -1.33. The van der Waals surface area contributed by atoms with Gasteiger partial charge in [0.05, 0.1) is 11.6 Å². The summed E-state index contributed by atoms with van der Waals surface area (Å²) in [6.07, 6.45) is 4.88. The summed E-state index contributed by atoms with van der Waals surface area (Å²) in [6, 6.07) is 9.33. The van der Waals surface area contributed by atoms with E-state index in [1.807, 2.05) is 12.1 Å². The molecule has 2 heteroatoms. The summed E-state index contributed by atoms with van der Waals surface area (Å²) in [5.74, 6) is 0.608. The number of rotatable bonds is 2. The Kier molecular flexibility index (Phi) is 3.09. The van der Waals surface area contributed by atoms with E-state index in [-0.39, 0.29) is 0 Å². The molecule has 0 amide bonds. The van der Waals surface area contributed by atoms with Crippen LogP contribution in [0.15, 0.2) is 18.2 Å². The number of likely N-dealkylation sites (tertiary alicyclic amines) is 1. The number of nitriles is 1. The largest absolute Gasteiger partial charge is 0.300 e. The SMILES string of the molecule is CCCN1CC[C@H]2c3c(cccc3[13C]#[14N])CC[C@H]21. The monoisotopic (exact) mass is 241 g/mol. The van der Waals surface area contributed by atoms with E-state index in [0.717, 1.165) is 12.0 Å². The van der Waals surface area contributed by atoms with Gasteiger partial charge in [0.2, 0.25) is 0 Å².